The largest absolute Gasteiger partial charge is 0.334 e. The van der Waals surface area contributed by atoms with E-state index in [2.05, 4.69) is 22.0 Å². The van der Waals surface area contributed by atoms with Crippen LogP contribution in [0.2, 0.25) is 0 Å². The summed E-state index contributed by atoms with van der Waals surface area (Å²) in [4.78, 5) is 33.0. The highest BCUT2D eigenvalue weighted by atomic mass is 16.5. The minimum absolute atomic E-state index is 0.204. The third-order valence-corrected chi connectivity index (χ3v) is 5.74. The van der Waals surface area contributed by atoms with Crippen molar-refractivity contribution in [1.29, 1.82) is 0 Å². The molecule has 164 valence electrons. The number of aryl methyl sites for hydroxylation is 2. The lowest BCUT2D eigenvalue weighted by Gasteiger charge is -2.07. The normalized spacial score (nSPS) is 11.2. The maximum Gasteiger partial charge on any atom is 0.329 e. The standard InChI is InChI=1S/C26H22N4O3/c1-3-17-8-10-19(11-9-17)23-28-24(33-29-23)20-12-13-21-22(14-20)27-26(32)30(25(21)31)15-18-6-4-16(2)5-7-18/h4-14H,3,15H2,1-2H3,(H,27,32). The van der Waals surface area contributed by atoms with E-state index in [0.717, 1.165) is 23.1 Å². The quantitative estimate of drug-likeness (QED) is 0.441. The number of rotatable bonds is 5. The molecule has 0 fully saturated rings. The van der Waals surface area contributed by atoms with Crippen molar-refractivity contribution >= 4 is 10.9 Å². The Bertz CT molecular complexity index is 1560. The summed E-state index contributed by atoms with van der Waals surface area (Å²) in [6.45, 7) is 4.30. The van der Waals surface area contributed by atoms with Gasteiger partial charge in [0.05, 0.1) is 17.4 Å². The van der Waals surface area contributed by atoms with Gasteiger partial charge in [-0.05, 0) is 42.7 Å². The first-order valence-corrected chi connectivity index (χ1v) is 10.8. The van der Waals surface area contributed by atoms with E-state index >= 15 is 0 Å². The fourth-order valence-electron chi connectivity index (χ4n) is 3.75. The number of fused-ring (bicyclic) bond motifs is 1. The van der Waals surface area contributed by atoms with Gasteiger partial charge < -0.3 is 9.51 Å². The Hall–Kier alpha value is -4.26. The number of aromatic nitrogens is 4. The molecule has 0 amide bonds. The molecule has 5 aromatic rings. The van der Waals surface area contributed by atoms with Crippen molar-refractivity contribution in [2.45, 2.75) is 26.8 Å². The minimum atomic E-state index is -0.465. The van der Waals surface area contributed by atoms with E-state index in [-0.39, 0.29) is 12.1 Å². The van der Waals surface area contributed by atoms with Gasteiger partial charge in [-0.3, -0.25) is 9.36 Å². The monoisotopic (exact) mass is 438 g/mol. The fraction of sp³-hybridized carbons (Fsp3) is 0.154. The number of hydrogen-bond acceptors (Lipinski definition) is 5. The van der Waals surface area contributed by atoms with Gasteiger partial charge in [-0.15, -0.1) is 0 Å². The molecule has 7 heteroatoms. The maximum absolute atomic E-state index is 13.0. The van der Waals surface area contributed by atoms with Crippen LogP contribution in [-0.4, -0.2) is 19.7 Å². The SMILES string of the molecule is CCc1ccc(-c2noc(-c3ccc4c(=O)n(Cc5ccc(C)cc5)c(=O)[nH]c4c3)n2)cc1. The third-order valence-electron chi connectivity index (χ3n) is 5.74. The molecule has 0 radical (unpaired) electrons. The molecule has 0 aliphatic rings. The number of hydrogen-bond donors (Lipinski definition) is 1. The highest BCUT2D eigenvalue weighted by Crippen LogP contribution is 2.24. The summed E-state index contributed by atoms with van der Waals surface area (Å²) in [6.07, 6.45) is 0.958. The van der Waals surface area contributed by atoms with E-state index in [1.807, 2.05) is 55.5 Å². The summed E-state index contributed by atoms with van der Waals surface area (Å²) in [5.41, 5.74) is 4.33. The number of nitrogens with one attached hydrogen (secondary N) is 1. The number of nitrogens with zero attached hydrogens (tertiary/aromatic N) is 3. The first-order chi connectivity index (χ1) is 16.0. The Balaban J connectivity index is 1.49. The highest BCUT2D eigenvalue weighted by Gasteiger charge is 2.14. The van der Waals surface area contributed by atoms with Gasteiger partial charge in [-0.1, -0.05) is 66.2 Å². The zero-order chi connectivity index (χ0) is 22.9. The van der Waals surface area contributed by atoms with Crippen LogP contribution in [-0.2, 0) is 13.0 Å². The Morgan fingerprint density at radius 2 is 1.61 bits per heavy atom. The van der Waals surface area contributed by atoms with Crippen LogP contribution in [0.4, 0.5) is 0 Å². The molecule has 0 saturated carbocycles. The molecule has 2 heterocycles. The predicted octanol–water partition coefficient (Wildman–Crippen LogP) is 4.33. The number of H-pyrrole nitrogens is 1. The molecule has 0 bridgehead atoms. The van der Waals surface area contributed by atoms with Gasteiger partial charge in [0.1, 0.15) is 0 Å². The van der Waals surface area contributed by atoms with E-state index in [1.54, 1.807) is 18.2 Å². The van der Waals surface area contributed by atoms with Crippen molar-refractivity contribution in [2.24, 2.45) is 0 Å². The van der Waals surface area contributed by atoms with Crippen LogP contribution in [0.25, 0.3) is 33.7 Å². The average molecular weight is 438 g/mol. The van der Waals surface area contributed by atoms with Gasteiger partial charge in [-0.2, -0.15) is 4.98 Å². The van der Waals surface area contributed by atoms with Crippen molar-refractivity contribution in [3.05, 3.63) is 104 Å². The van der Waals surface area contributed by atoms with Crippen LogP contribution >= 0.6 is 0 Å². The van der Waals surface area contributed by atoms with Crippen LogP contribution in [0.5, 0.6) is 0 Å². The van der Waals surface area contributed by atoms with Crippen LogP contribution in [0.15, 0.2) is 80.8 Å². The van der Waals surface area contributed by atoms with Crippen molar-refractivity contribution < 1.29 is 4.52 Å². The summed E-state index contributed by atoms with van der Waals surface area (Å²) in [5.74, 6) is 0.797. The topological polar surface area (TPSA) is 93.8 Å². The lowest BCUT2D eigenvalue weighted by atomic mass is 10.1. The first-order valence-electron chi connectivity index (χ1n) is 10.8. The Kier molecular flexibility index (Phi) is 5.22. The summed E-state index contributed by atoms with van der Waals surface area (Å²) < 4.78 is 6.65. The van der Waals surface area contributed by atoms with Crippen LogP contribution < -0.4 is 11.2 Å². The van der Waals surface area contributed by atoms with Crippen molar-refractivity contribution in [3.8, 4) is 22.8 Å². The third kappa shape index (κ3) is 4.01. The van der Waals surface area contributed by atoms with Gasteiger partial charge in [0.15, 0.2) is 0 Å². The molecule has 3 aromatic carbocycles. The number of benzene rings is 3. The van der Waals surface area contributed by atoms with Gasteiger partial charge in [0.25, 0.3) is 11.4 Å². The Morgan fingerprint density at radius 1 is 0.909 bits per heavy atom. The molecule has 7 nitrogen and oxygen atoms in total. The van der Waals surface area contributed by atoms with E-state index in [9.17, 15) is 9.59 Å². The summed E-state index contributed by atoms with van der Waals surface area (Å²) in [5, 5.41) is 4.49. The molecular formula is C26H22N4O3. The molecular weight excluding hydrogens is 416 g/mol. The summed E-state index contributed by atoms with van der Waals surface area (Å²) >= 11 is 0. The minimum Gasteiger partial charge on any atom is -0.334 e. The highest BCUT2D eigenvalue weighted by molar-refractivity contribution is 5.82. The van der Waals surface area contributed by atoms with Gasteiger partial charge in [0.2, 0.25) is 5.82 Å². The Morgan fingerprint density at radius 3 is 2.33 bits per heavy atom. The van der Waals surface area contributed by atoms with E-state index in [1.165, 1.54) is 10.1 Å². The molecule has 5 rings (SSSR count). The molecule has 0 atom stereocenters. The predicted molar refractivity (Wildman–Crippen MR) is 127 cm³/mol. The second-order valence-corrected chi connectivity index (χ2v) is 8.04. The van der Waals surface area contributed by atoms with Crippen LogP contribution in [0.1, 0.15) is 23.6 Å². The van der Waals surface area contributed by atoms with Crippen molar-refractivity contribution in [3.63, 3.8) is 0 Å². The molecule has 2 aromatic heterocycles. The second-order valence-electron chi connectivity index (χ2n) is 8.04. The molecule has 0 unspecified atom stereocenters. The lowest BCUT2D eigenvalue weighted by Crippen LogP contribution is -2.35. The van der Waals surface area contributed by atoms with Gasteiger partial charge in [0, 0.05) is 11.1 Å². The number of aromatic amines is 1. The van der Waals surface area contributed by atoms with Gasteiger partial charge in [-0.25, -0.2) is 4.79 Å². The summed E-state index contributed by atoms with van der Waals surface area (Å²) in [7, 11) is 0. The molecule has 0 saturated heterocycles. The molecule has 0 spiro atoms. The molecule has 0 aliphatic heterocycles. The van der Waals surface area contributed by atoms with E-state index < -0.39 is 5.69 Å². The van der Waals surface area contributed by atoms with Crippen LogP contribution in [0.3, 0.4) is 0 Å². The van der Waals surface area contributed by atoms with Crippen molar-refractivity contribution in [2.75, 3.05) is 0 Å². The Labute approximate surface area is 189 Å². The second kappa shape index (κ2) is 8.35. The van der Waals surface area contributed by atoms with E-state index in [0.29, 0.717) is 28.2 Å². The smallest absolute Gasteiger partial charge is 0.329 e. The fourth-order valence-corrected chi connectivity index (χ4v) is 3.75. The molecule has 0 aliphatic carbocycles. The average Bonchev–Trinajstić information content (AvgIpc) is 3.33. The zero-order valence-corrected chi connectivity index (χ0v) is 18.3. The van der Waals surface area contributed by atoms with Crippen molar-refractivity contribution in [1.82, 2.24) is 19.7 Å². The molecule has 1 N–H and O–H groups in total. The summed E-state index contributed by atoms with van der Waals surface area (Å²) in [6, 6.07) is 20.8. The van der Waals surface area contributed by atoms with E-state index in [4.69, 9.17) is 4.52 Å². The molecule has 33 heavy (non-hydrogen) atoms. The zero-order valence-electron chi connectivity index (χ0n) is 18.3. The lowest BCUT2D eigenvalue weighted by molar-refractivity contribution is 0.432. The van der Waals surface area contributed by atoms with Gasteiger partial charge >= 0.3 is 5.69 Å². The first kappa shape index (κ1) is 20.6. The van der Waals surface area contributed by atoms with Crippen LogP contribution in [0, 0.1) is 6.92 Å². The maximum atomic E-state index is 13.0.